The number of rotatable bonds is 6. The molecule has 2 fully saturated rings. The van der Waals surface area contributed by atoms with Crippen LogP contribution in [0.1, 0.15) is 76.0 Å². The highest BCUT2D eigenvalue weighted by molar-refractivity contribution is 5.76. The van der Waals surface area contributed by atoms with Crippen molar-refractivity contribution in [3.8, 4) is 0 Å². The molecule has 1 unspecified atom stereocenters. The van der Waals surface area contributed by atoms with Gasteiger partial charge in [-0.2, -0.15) is 4.98 Å². The minimum Gasteiger partial charge on any atom is -0.353 e. The lowest BCUT2D eigenvalue weighted by Gasteiger charge is -2.22. The first kappa shape index (κ1) is 18.7. The second-order valence-electron chi connectivity index (χ2n) is 7.14. The molecule has 0 spiro atoms. The Kier molecular flexibility index (Phi) is 6.46. The third-order valence-electron chi connectivity index (χ3n) is 5.16. The van der Waals surface area contributed by atoms with Crippen molar-refractivity contribution < 1.29 is 14.1 Å². The summed E-state index contributed by atoms with van der Waals surface area (Å²) >= 11 is 0. The van der Waals surface area contributed by atoms with E-state index in [1.807, 2.05) is 6.92 Å². The number of carbonyl (C=O) groups excluding carboxylic acids is 2. The molecule has 2 N–H and O–H groups in total. The van der Waals surface area contributed by atoms with Crippen LogP contribution in [-0.4, -0.2) is 46.1 Å². The van der Waals surface area contributed by atoms with Gasteiger partial charge >= 0.3 is 6.03 Å². The van der Waals surface area contributed by atoms with Crippen LogP contribution in [0, 0.1) is 0 Å². The monoisotopic (exact) mass is 363 g/mol. The molecule has 1 aliphatic heterocycles. The zero-order valence-electron chi connectivity index (χ0n) is 15.5. The van der Waals surface area contributed by atoms with Gasteiger partial charge in [0, 0.05) is 32.0 Å². The molecule has 2 aliphatic rings. The molecule has 3 rings (SSSR count). The van der Waals surface area contributed by atoms with Gasteiger partial charge in [-0.25, -0.2) is 4.79 Å². The van der Waals surface area contributed by atoms with Gasteiger partial charge in [-0.3, -0.25) is 4.79 Å². The second-order valence-corrected chi connectivity index (χ2v) is 7.14. The molecule has 1 aromatic rings. The highest BCUT2D eigenvalue weighted by atomic mass is 16.5. The van der Waals surface area contributed by atoms with E-state index in [1.54, 1.807) is 4.90 Å². The molecule has 1 saturated carbocycles. The number of carbonyl (C=O) groups is 2. The Morgan fingerprint density at radius 3 is 2.77 bits per heavy atom. The summed E-state index contributed by atoms with van der Waals surface area (Å²) in [6.45, 7) is 3.19. The molecule has 1 atom stereocenters. The summed E-state index contributed by atoms with van der Waals surface area (Å²) in [5.41, 5.74) is 0. The first-order valence-corrected chi connectivity index (χ1v) is 9.83. The summed E-state index contributed by atoms with van der Waals surface area (Å²) in [5.74, 6) is 1.04. The van der Waals surface area contributed by atoms with Crippen LogP contribution in [0.15, 0.2) is 4.52 Å². The predicted molar refractivity (Wildman–Crippen MR) is 95.4 cm³/mol. The molecule has 1 saturated heterocycles. The van der Waals surface area contributed by atoms with Gasteiger partial charge in [0.05, 0.1) is 6.04 Å². The number of urea groups is 1. The predicted octanol–water partition coefficient (Wildman–Crippen LogP) is 2.32. The minimum atomic E-state index is -0.143. The van der Waals surface area contributed by atoms with E-state index in [-0.39, 0.29) is 18.0 Å². The second kappa shape index (κ2) is 9.00. The van der Waals surface area contributed by atoms with E-state index in [4.69, 9.17) is 4.52 Å². The average molecular weight is 363 g/mol. The van der Waals surface area contributed by atoms with E-state index in [2.05, 4.69) is 20.8 Å². The largest absolute Gasteiger partial charge is 0.353 e. The van der Waals surface area contributed by atoms with E-state index >= 15 is 0 Å². The van der Waals surface area contributed by atoms with Crippen LogP contribution in [0.2, 0.25) is 0 Å². The molecule has 0 aromatic carbocycles. The number of likely N-dealkylation sites (tertiary alicyclic amines) is 1. The maximum absolute atomic E-state index is 12.1. The van der Waals surface area contributed by atoms with Crippen LogP contribution in [-0.2, 0) is 11.2 Å². The number of amides is 3. The van der Waals surface area contributed by atoms with Crippen molar-refractivity contribution in [2.24, 2.45) is 0 Å². The van der Waals surface area contributed by atoms with Crippen LogP contribution >= 0.6 is 0 Å². The van der Waals surface area contributed by atoms with Gasteiger partial charge in [0.1, 0.15) is 0 Å². The summed E-state index contributed by atoms with van der Waals surface area (Å²) in [4.78, 5) is 30.4. The van der Waals surface area contributed by atoms with Gasteiger partial charge in [-0.15, -0.1) is 0 Å². The molecule has 0 radical (unpaired) electrons. The number of aryl methyl sites for hydroxylation is 1. The van der Waals surface area contributed by atoms with Crippen molar-refractivity contribution in [1.82, 2.24) is 25.7 Å². The van der Waals surface area contributed by atoms with Crippen LogP contribution in [0.25, 0.3) is 0 Å². The van der Waals surface area contributed by atoms with Crippen LogP contribution in [0.4, 0.5) is 4.79 Å². The first-order chi connectivity index (χ1) is 12.7. The molecular formula is C18H29N5O3. The van der Waals surface area contributed by atoms with Crippen molar-refractivity contribution in [2.45, 2.75) is 76.8 Å². The smallest absolute Gasteiger partial charge is 0.318 e. The Balaban J connectivity index is 1.49. The highest BCUT2D eigenvalue weighted by Crippen LogP contribution is 2.30. The maximum Gasteiger partial charge on any atom is 0.318 e. The Bertz CT molecular complexity index is 612. The standard InChI is InChI=1S/C18H29N5O3/c1-2-19-18(25)23-12-6-9-14(23)17-21-16(26-22-17)11-10-15(24)20-13-7-4-3-5-8-13/h13-14H,2-12H2,1H3,(H,19,25)(H,20,24). The Morgan fingerprint density at radius 1 is 1.19 bits per heavy atom. The van der Waals surface area contributed by atoms with Gasteiger partial charge in [-0.05, 0) is 32.6 Å². The minimum absolute atomic E-state index is 0.0430. The molecule has 26 heavy (non-hydrogen) atoms. The average Bonchev–Trinajstić information content (AvgIpc) is 3.30. The summed E-state index contributed by atoms with van der Waals surface area (Å²) in [7, 11) is 0. The van der Waals surface area contributed by atoms with E-state index in [1.165, 1.54) is 19.3 Å². The lowest BCUT2D eigenvalue weighted by molar-refractivity contribution is -0.122. The SMILES string of the molecule is CCNC(=O)N1CCCC1c1noc(CCC(=O)NC2CCCCC2)n1. The molecule has 8 nitrogen and oxygen atoms in total. The molecule has 0 bridgehead atoms. The fourth-order valence-electron chi connectivity index (χ4n) is 3.80. The normalized spacial score (nSPS) is 21.0. The van der Waals surface area contributed by atoms with E-state index < -0.39 is 0 Å². The molecule has 2 heterocycles. The zero-order valence-corrected chi connectivity index (χ0v) is 15.5. The number of nitrogens with zero attached hydrogens (tertiary/aromatic N) is 3. The van der Waals surface area contributed by atoms with Crippen molar-refractivity contribution in [1.29, 1.82) is 0 Å². The van der Waals surface area contributed by atoms with Crippen LogP contribution < -0.4 is 10.6 Å². The molecule has 8 heteroatoms. The van der Waals surface area contributed by atoms with Crippen LogP contribution in [0.5, 0.6) is 0 Å². The molecule has 1 aromatic heterocycles. The summed E-state index contributed by atoms with van der Waals surface area (Å²) in [6, 6.07) is 0.0851. The lowest BCUT2D eigenvalue weighted by atomic mass is 9.95. The Labute approximate surface area is 154 Å². The van der Waals surface area contributed by atoms with Gasteiger partial charge in [0.25, 0.3) is 0 Å². The maximum atomic E-state index is 12.1. The van der Waals surface area contributed by atoms with Crippen molar-refractivity contribution >= 4 is 11.9 Å². The molecule has 1 aliphatic carbocycles. The summed E-state index contributed by atoms with van der Waals surface area (Å²) < 4.78 is 5.31. The van der Waals surface area contributed by atoms with Crippen LogP contribution in [0.3, 0.4) is 0 Å². The Morgan fingerprint density at radius 2 is 2.00 bits per heavy atom. The zero-order chi connectivity index (χ0) is 18.4. The highest BCUT2D eigenvalue weighted by Gasteiger charge is 2.33. The topological polar surface area (TPSA) is 100 Å². The fraction of sp³-hybridized carbons (Fsp3) is 0.778. The molecular weight excluding hydrogens is 334 g/mol. The number of aromatic nitrogens is 2. The first-order valence-electron chi connectivity index (χ1n) is 9.83. The third kappa shape index (κ3) is 4.74. The van der Waals surface area contributed by atoms with E-state index in [0.717, 1.165) is 25.7 Å². The van der Waals surface area contributed by atoms with Crippen molar-refractivity contribution in [3.63, 3.8) is 0 Å². The van der Waals surface area contributed by atoms with Gasteiger partial charge < -0.3 is 20.1 Å². The van der Waals surface area contributed by atoms with E-state index in [9.17, 15) is 9.59 Å². The third-order valence-corrected chi connectivity index (χ3v) is 5.16. The Hall–Kier alpha value is -2.12. The van der Waals surface area contributed by atoms with Crippen molar-refractivity contribution in [3.05, 3.63) is 11.7 Å². The molecule has 3 amide bonds. The summed E-state index contributed by atoms with van der Waals surface area (Å²) in [6.07, 6.45) is 8.35. The van der Waals surface area contributed by atoms with E-state index in [0.29, 0.717) is 43.7 Å². The lowest BCUT2D eigenvalue weighted by Crippen LogP contribution is -2.39. The van der Waals surface area contributed by atoms with Crippen molar-refractivity contribution in [2.75, 3.05) is 13.1 Å². The van der Waals surface area contributed by atoms with Gasteiger partial charge in [0.2, 0.25) is 11.8 Å². The van der Waals surface area contributed by atoms with Gasteiger partial charge in [-0.1, -0.05) is 24.4 Å². The number of nitrogens with one attached hydrogen (secondary N) is 2. The van der Waals surface area contributed by atoms with Gasteiger partial charge in [0.15, 0.2) is 5.82 Å². The molecule has 144 valence electrons. The quantitative estimate of drug-likeness (QED) is 0.808. The fourth-order valence-corrected chi connectivity index (χ4v) is 3.80. The number of hydrogen-bond donors (Lipinski definition) is 2. The number of hydrogen-bond acceptors (Lipinski definition) is 5. The summed E-state index contributed by atoms with van der Waals surface area (Å²) in [5, 5.41) is 9.96.